The Morgan fingerprint density at radius 2 is 2.38 bits per heavy atom. The Morgan fingerprint density at radius 3 is 2.94 bits per heavy atom. The van der Waals surface area contributed by atoms with Crippen molar-refractivity contribution >= 4 is 23.3 Å². The van der Waals surface area contributed by atoms with Crippen molar-refractivity contribution in [3.8, 4) is 6.07 Å². The topological polar surface area (TPSA) is 62.1 Å². The van der Waals surface area contributed by atoms with E-state index in [1.165, 1.54) is 7.11 Å². The van der Waals surface area contributed by atoms with E-state index in [9.17, 15) is 4.79 Å². The zero-order chi connectivity index (χ0) is 12.0. The van der Waals surface area contributed by atoms with Gasteiger partial charge in [0.1, 0.15) is 6.07 Å². The molecule has 1 aromatic rings. The van der Waals surface area contributed by atoms with Crippen LogP contribution in [0, 0.1) is 11.3 Å². The summed E-state index contributed by atoms with van der Waals surface area (Å²) in [7, 11) is 1.35. The van der Waals surface area contributed by atoms with Crippen LogP contribution in [0.1, 0.15) is 12.0 Å². The van der Waals surface area contributed by atoms with Crippen molar-refractivity contribution < 1.29 is 9.53 Å². The van der Waals surface area contributed by atoms with Gasteiger partial charge in [-0.05, 0) is 18.2 Å². The van der Waals surface area contributed by atoms with Gasteiger partial charge in [-0.3, -0.25) is 4.79 Å². The minimum Gasteiger partial charge on any atom is -0.469 e. The number of nitriles is 1. The number of hydrogen-bond acceptors (Lipinski definition) is 4. The van der Waals surface area contributed by atoms with Gasteiger partial charge in [0.25, 0.3) is 0 Å². The summed E-state index contributed by atoms with van der Waals surface area (Å²) in [6, 6.07) is 6.99. The number of nitrogens with one attached hydrogen (secondary N) is 1. The summed E-state index contributed by atoms with van der Waals surface area (Å²) in [5.74, 6) is -0.271. The predicted molar refractivity (Wildman–Crippen MR) is 61.3 cm³/mol. The van der Waals surface area contributed by atoms with Crippen LogP contribution >= 0.6 is 11.6 Å². The van der Waals surface area contributed by atoms with Gasteiger partial charge in [-0.2, -0.15) is 5.26 Å². The molecular formula is C11H11ClN2O2. The third-order valence-corrected chi connectivity index (χ3v) is 2.29. The maximum atomic E-state index is 10.8. The lowest BCUT2D eigenvalue weighted by Crippen LogP contribution is -2.09. The van der Waals surface area contributed by atoms with Crippen molar-refractivity contribution in [3.05, 3.63) is 28.8 Å². The van der Waals surface area contributed by atoms with E-state index in [-0.39, 0.29) is 12.4 Å². The average molecular weight is 239 g/mol. The predicted octanol–water partition coefficient (Wildman–Crippen LogP) is 2.19. The van der Waals surface area contributed by atoms with E-state index in [0.717, 1.165) is 5.69 Å². The summed E-state index contributed by atoms with van der Waals surface area (Å²) >= 11 is 5.84. The molecule has 16 heavy (non-hydrogen) atoms. The van der Waals surface area contributed by atoms with Crippen molar-refractivity contribution in [3.63, 3.8) is 0 Å². The summed E-state index contributed by atoms with van der Waals surface area (Å²) < 4.78 is 4.50. The maximum Gasteiger partial charge on any atom is 0.307 e. The number of halogens is 1. The molecule has 1 rings (SSSR count). The first-order valence-electron chi connectivity index (χ1n) is 4.67. The SMILES string of the molecule is COC(=O)CCNc1ccc(C#N)c(Cl)c1. The smallest absolute Gasteiger partial charge is 0.307 e. The Bertz CT molecular complexity index is 426. The molecule has 0 fully saturated rings. The van der Waals surface area contributed by atoms with Gasteiger partial charge in [0.2, 0.25) is 0 Å². The molecule has 0 heterocycles. The van der Waals surface area contributed by atoms with Gasteiger partial charge in [-0.15, -0.1) is 0 Å². The molecule has 1 N–H and O–H groups in total. The Balaban J connectivity index is 2.53. The standard InChI is InChI=1S/C11H11ClN2O2/c1-16-11(15)4-5-14-9-3-2-8(7-13)10(12)6-9/h2-3,6,14H,4-5H2,1H3. The first kappa shape index (κ1) is 12.3. The molecule has 0 spiro atoms. The lowest BCUT2D eigenvalue weighted by atomic mass is 10.2. The van der Waals surface area contributed by atoms with Crippen molar-refractivity contribution in [2.24, 2.45) is 0 Å². The fourth-order valence-corrected chi connectivity index (χ4v) is 1.35. The molecule has 0 aromatic heterocycles. The van der Waals surface area contributed by atoms with Gasteiger partial charge in [-0.25, -0.2) is 0 Å². The fourth-order valence-electron chi connectivity index (χ4n) is 1.13. The molecule has 0 aliphatic heterocycles. The molecule has 4 nitrogen and oxygen atoms in total. The second-order valence-electron chi connectivity index (χ2n) is 3.06. The van der Waals surface area contributed by atoms with E-state index in [1.54, 1.807) is 18.2 Å². The molecule has 0 unspecified atom stereocenters. The van der Waals surface area contributed by atoms with Crippen molar-refractivity contribution in [1.29, 1.82) is 5.26 Å². The van der Waals surface area contributed by atoms with Crippen LogP contribution in [0.15, 0.2) is 18.2 Å². The molecule has 1 aromatic carbocycles. The van der Waals surface area contributed by atoms with Crippen molar-refractivity contribution in [2.45, 2.75) is 6.42 Å². The zero-order valence-electron chi connectivity index (χ0n) is 8.79. The minimum absolute atomic E-state index is 0.271. The van der Waals surface area contributed by atoms with E-state index in [2.05, 4.69) is 10.1 Å². The number of methoxy groups -OCH3 is 1. The van der Waals surface area contributed by atoms with Gasteiger partial charge in [-0.1, -0.05) is 11.6 Å². The third-order valence-electron chi connectivity index (χ3n) is 1.98. The van der Waals surface area contributed by atoms with Gasteiger partial charge < -0.3 is 10.1 Å². The summed E-state index contributed by atoms with van der Waals surface area (Å²) in [6.07, 6.45) is 0.286. The number of hydrogen-bond donors (Lipinski definition) is 1. The molecular weight excluding hydrogens is 228 g/mol. The number of esters is 1. The summed E-state index contributed by atoms with van der Waals surface area (Å²) in [5.41, 5.74) is 1.20. The van der Waals surface area contributed by atoms with Crippen molar-refractivity contribution in [1.82, 2.24) is 0 Å². The summed E-state index contributed by atoms with van der Waals surface area (Å²) in [4.78, 5) is 10.8. The summed E-state index contributed by atoms with van der Waals surface area (Å²) in [6.45, 7) is 0.467. The molecule has 0 aliphatic rings. The minimum atomic E-state index is -0.271. The molecule has 0 bridgehead atoms. The molecule has 0 saturated carbocycles. The largest absolute Gasteiger partial charge is 0.469 e. The molecule has 0 saturated heterocycles. The first-order chi connectivity index (χ1) is 7.67. The Labute approximate surface area is 98.8 Å². The molecule has 0 atom stereocenters. The number of nitrogens with zero attached hydrogens (tertiary/aromatic N) is 1. The van der Waals surface area contributed by atoms with E-state index >= 15 is 0 Å². The fraction of sp³-hybridized carbons (Fsp3) is 0.273. The van der Waals surface area contributed by atoms with Gasteiger partial charge in [0.05, 0.1) is 24.1 Å². The van der Waals surface area contributed by atoms with Gasteiger partial charge in [0, 0.05) is 12.2 Å². The molecule has 0 amide bonds. The van der Waals surface area contributed by atoms with E-state index in [1.807, 2.05) is 6.07 Å². The number of ether oxygens (including phenoxy) is 1. The lowest BCUT2D eigenvalue weighted by molar-refractivity contribution is -0.140. The van der Waals surface area contributed by atoms with Crippen LogP contribution in [-0.2, 0) is 9.53 Å². The lowest BCUT2D eigenvalue weighted by Gasteiger charge is -2.06. The highest BCUT2D eigenvalue weighted by molar-refractivity contribution is 6.32. The zero-order valence-corrected chi connectivity index (χ0v) is 9.54. The second kappa shape index (κ2) is 5.99. The van der Waals surface area contributed by atoms with Crippen LogP contribution in [0.3, 0.4) is 0 Å². The third kappa shape index (κ3) is 3.44. The normalized spacial score (nSPS) is 9.31. The van der Waals surface area contributed by atoms with Crippen LogP contribution < -0.4 is 5.32 Å². The highest BCUT2D eigenvalue weighted by atomic mass is 35.5. The number of rotatable bonds is 4. The van der Waals surface area contributed by atoms with Crippen LogP contribution in [-0.4, -0.2) is 19.6 Å². The highest BCUT2D eigenvalue weighted by Crippen LogP contribution is 2.19. The molecule has 0 radical (unpaired) electrons. The number of anilines is 1. The Hall–Kier alpha value is -1.73. The molecule has 84 valence electrons. The molecule has 0 aliphatic carbocycles. The maximum absolute atomic E-state index is 10.8. The molecule has 5 heteroatoms. The average Bonchev–Trinajstić information content (AvgIpc) is 2.29. The second-order valence-corrected chi connectivity index (χ2v) is 3.47. The van der Waals surface area contributed by atoms with Crippen LogP contribution in [0.25, 0.3) is 0 Å². The Kier molecular flexibility index (Phi) is 4.62. The van der Waals surface area contributed by atoms with Crippen molar-refractivity contribution in [2.75, 3.05) is 19.0 Å². The summed E-state index contributed by atoms with van der Waals surface area (Å²) in [5, 5.41) is 12.1. The quantitative estimate of drug-likeness (QED) is 0.817. The number of carbonyl (C=O) groups is 1. The number of benzene rings is 1. The first-order valence-corrected chi connectivity index (χ1v) is 5.05. The van der Waals surface area contributed by atoms with E-state index in [4.69, 9.17) is 16.9 Å². The van der Waals surface area contributed by atoms with Gasteiger partial charge >= 0.3 is 5.97 Å². The van der Waals surface area contributed by atoms with Crippen LogP contribution in [0.5, 0.6) is 0 Å². The number of carbonyl (C=O) groups excluding carboxylic acids is 1. The van der Waals surface area contributed by atoms with Crippen LogP contribution in [0.2, 0.25) is 5.02 Å². The van der Waals surface area contributed by atoms with Crippen LogP contribution in [0.4, 0.5) is 5.69 Å². The highest BCUT2D eigenvalue weighted by Gasteiger charge is 2.02. The van der Waals surface area contributed by atoms with E-state index < -0.39 is 0 Å². The Morgan fingerprint density at radius 1 is 1.62 bits per heavy atom. The monoisotopic (exact) mass is 238 g/mol. The van der Waals surface area contributed by atoms with E-state index in [0.29, 0.717) is 17.1 Å². The van der Waals surface area contributed by atoms with Gasteiger partial charge in [0.15, 0.2) is 0 Å².